The van der Waals surface area contributed by atoms with E-state index in [4.69, 9.17) is 40.4 Å². The quantitative estimate of drug-likeness (QED) is 0.288. The number of hydrogen-bond donors (Lipinski definition) is 2. The number of aromatic nitrogens is 2. The molecule has 3 aromatic carbocycles. The zero-order chi connectivity index (χ0) is 27.9. The van der Waals surface area contributed by atoms with Gasteiger partial charge in [0.15, 0.2) is 5.11 Å². The molecule has 40 heavy (non-hydrogen) atoms. The highest BCUT2D eigenvalue weighted by Gasteiger charge is 2.43. The van der Waals surface area contributed by atoms with Crippen LogP contribution < -0.4 is 14.9 Å². The fourth-order valence-corrected chi connectivity index (χ4v) is 6.38. The number of amidine groups is 2. The Balaban J connectivity index is 1.41. The van der Waals surface area contributed by atoms with Crippen LogP contribution in [0.25, 0.3) is 0 Å². The maximum atomic E-state index is 13.0. The molecule has 0 radical (unpaired) electrons. The molecule has 0 saturated carbocycles. The van der Waals surface area contributed by atoms with Crippen molar-refractivity contribution in [2.75, 3.05) is 9.62 Å². The molecule has 2 unspecified atom stereocenters. The highest BCUT2D eigenvalue weighted by molar-refractivity contribution is 7.92. The molecular formula is C27H19Cl2N7O2S2. The van der Waals surface area contributed by atoms with Crippen molar-refractivity contribution in [1.29, 1.82) is 0 Å². The van der Waals surface area contributed by atoms with E-state index in [1.807, 2.05) is 35.2 Å². The number of halogens is 2. The molecule has 0 amide bonds. The maximum absolute atomic E-state index is 13.0. The second-order valence-electron chi connectivity index (χ2n) is 8.80. The largest absolute Gasteiger partial charge is 0.351 e. The number of fused-ring (bicyclic) bond motifs is 1. The van der Waals surface area contributed by atoms with Gasteiger partial charge in [0.2, 0.25) is 5.95 Å². The Bertz CT molecular complexity index is 1750. The zero-order valence-electron chi connectivity index (χ0n) is 20.4. The van der Waals surface area contributed by atoms with Crippen LogP contribution in [-0.4, -0.2) is 41.2 Å². The lowest BCUT2D eigenvalue weighted by Crippen LogP contribution is -2.47. The van der Waals surface area contributed by atoms with Gasteiger partial charge in [-0.2, -0.15) is 0 Å². The van der Waals surface area contributed by atoms with Gasteiger partial charge in [-0.15, -0.1) is 0 Å². The van der Waals surface area contributed by atoms with Gasteiger partial charge in [-0.05, 0) is 54.7 Å². The van der Waals surface area contributed by atoms with E-state index in [-0.39, 0.29) is 16.0 Å². The molecule has 200 valence electrons. The van der Waals surface area contributed by atoms with E-state index in [0.29, 0.717) is 33.0 Å². The lowest BCUT2D eigenvalue weighted by atomic mass is 9.97. The normalized spacial score (nSPS) is 18.4. The molecular weight excluding hydrogens is 589 g/mol. The Morgan fingerprint density at radius 1 is 0.875 bits per heavy atom. The van der Waals surface area contributed by atoms with Gasteiger partial charge in [0.1, 0.15) is 17.7 Å². The Labute approximate surface area is 245 Å². The fourth-order valence-electron chi connectivity index (χ4n) is 4.56. The standard InChI is InChI=1S/C27H19Cl2N7O2S2/c28-19-8-4-9-20(29)21(19)22-23-25(34-27(39)33-22)36(24(32-23)16-6-2-1-3-7-16)17-10-12-18(13-11-17)40(37,38)35-26-30-14-5-15-31-26/h1-15,22-23H,(H,33,39)(H,30,31,35). The third-order valence-corrected chi connectivity index (χ3v) is 8.53. The topological polar surface area (TPSA) is 112 Å². The average molecular weight is 609 g/mol. The van der Waals surface area contributed by atoms with Crippen LogP contribution in [0.3, 0.4) is 0 Å². The summed E-state index contributed by atoms with van der Waals surface area (Å²) < 4.78 is 28.3. The van der Waals surface area contributed by atoms with Gasteiger partial charge in [-0.1, -0.05) is 59.6 Å². The minimum Gasteiger partial charge on any atom is -0.351 e. The highest BCUT2D eigenvalue weighted by atomic mass is 35.5. The minimum atomic E-state index is -3.92. The van der Waals surface area contributed by atoms with Gasteiger partial charge in [-0.3, -0.25) is 9.89 Å². The van der Waals surface area contributed by atoms with E-state index in [9.17, 15) is 8.42 Å². The smallest absolute Gasteiger partial charge is 0.264 e. The van der Waals surface area contributed by atoms with Crippen molar-refractivity contribution in [1.82, 2.24) is 15.3 Å². The van der Waals surface area contributed by atoms with E-state index < -0.39 is 22.1 Å². The van der Waals surface area contributed by atoms with Crippen molar-refractivity contribution >= 4 is 73.9 Å². The number of nitrogens with zero attached hydrogens (tertiary/aromatic N) is 5. The lowest BCUT2D eigenvalue weighted by molar-refractivity contribution is 0.595. The van der Waals surface area contributed by atoms with E-state index in [1.165, 1.54) is 24.5 Å². The van der Waals surface area contributed by atoms with Crippen molar-refractivity contribution in [2.24, 2.45) is 9.98 Å². The molecule has 6 rings (SSSR count). The molecule has 2 atom stereocenters. The first-order valence-electron chi connectivity index (χ1n) is 12.0. The van der Waals surface area contributed by atoms with Crippen LogP contribution in [0.15, 0.2) is 106 Å². The second-order valence-corrected chi connectivity index (χ2v) is 11.7. The first kappa shape index (κ1) is 26.3. The summed E-state index contributed by atoms with van der Waals surface area (Å²) in [5, 5.41) is 4.44. The van der Waals surface area contributed by atoms with E-state index >= 15 is 0 Å². The molecule has 4 aromatic rings. The number of nitrogens with one attached hydrogen (secondary N) is 2. The Hall–Kier alpha value is -3.90. The molecule has 9 nitrogen and oxygen atoms in total. The van der Waals surface area contributed by atoms with Crippen LogP contribution in [0.5, 0.6) is 0 Å². The molecule has 2 N–H and O–H groups in total. The van der Waals surface area contributed by atoms with Gasteiger partial charge in [-0.25, -0.2) is 28.1 Å². The number of anilines is 2. The highest BCUT2D eigenvalue weighted by Crippen LogP contribution is 2.39. The fraction of sp³-hybridized carbons (Fsp3) is 0.0741. The third-order valence-electron chi connectivity index (χ3n) is 6.32. The average Bonchev–Trinajstić information content (AvgIpc) is 3.33. The number of aliphatic imine (C=N–C) groups is 2. The first-order chi connectivity index (χ1) is 19.3. The summed E-state index contributed by atoms with van der Waals surface area (Å²) in [5.41, 5.74) is 2.15. The van der Waals surface area contributed by atoms with Gasteiger partial charge in [0.25, 0.3) is 10.0 Å². The summed E-state index contributed by atoms with van der Waals surface area (Å²) in [6.07, 6.45) is 2.91. The van der Waals surface area contributed by atoms with Crippen LogP contribution in [0.2, 0.25) is 10.0 Å². The Morgan fingerprint density at radius 3 is 2.23 bits per heavy atom. The summed E-state index contributed by atoms with van der Waals surface area (Å²) in [6.45, 7) is 0. The van der Waals surface area contributed by atoms with Crippen molar-refractivity contribution in [3.8, 4) is 0 Å². The van der Waals surface area contributed by atoms with Crippen LogP contribution in [0.4, 0.5) is 11.6 Å². The van der Waals surface area contributed by atoms with Crippen molar-refractivity contribution in [3.05, 3.63) is 112 Å². The van der Waals surface area contributed by atoms with Gasteiger partial charge < -0.3 is 5.32 Å². The van der Waals surface area contributed by atoms with Crippen molar-refractivity contribution in [2.45, 2.75) is 17.0 Å². The summed E-state index contributed by atoms with van der Waals surface area (Å²) >= 11 is 18.7. The van der Waals surface area contributed by atoms with Crippen LogP contribution in [-0.2, 0) is 10.0 Å². The predicted octanol–water partition coefficient (Wildman–Crippen LogP) is 5.25. The van der Waals surface area contributed by atoms with E-state index in [0.717, 1.165) is 5.56 Å². The summed E-state index contributed by atoms with van der Waals surface area (Å²) in [5.74, 6) is 1.17. The van der Waals surface area contributed by atoms with Gasteiger partial charge >= 0.3 is 0 Å². The molecule has 2 aliphatic heterocycles. The lowest BCUT2D eigenvalue weighted by Gasteiger charge is -2.32. The van der Waals surface area contributed by atoms with Crippen molar-refractivity contribution < 1.29 is 8.42 Å². The number of thiocarbonyl (C=S) groups is 1. The molecule has 0 bridgehead atoms. The van der Waals surface area contributed by atoms with Gasteiger partial charge in [0.05, 0.1) is 10.9 Å². The molecule has 1 aromatic heterocycles. The van der Waals surface area contributed by atoms with Crippen LogP contribution in [0, 0.1) is 0 Å². The Kier molecular flexibility index (Phi) is 6.97. The molecule has 3 heterocycles. The summed E-state index contributed by atoms with van der Waals surface area (Å²) in [7, 11) is -3.92. The monoisotopic (exact) mass is 607 g/mol. The second kappa shape index (κ2) is 10.6. The zero-order valence-corrected chi connectivity index (χ0v) is 23.6. The predicted molar refractivity (Wildman–Crippen MR) is 161 cm³/mol. The maximum Gasteiger partial charge on any atom is 0.264 e. The molecule has 13 heteroatoms. The van der Waals surface area contributed by atoms with Crippen LogP contribution >= 0.6 is 35.4 Å². The van der Waals surface area contributed by atoms with Gasteiger partial charge in [0, 0.05) is 39.3 Å². The third kappa shape index (κ3) is 4.92. The molecule has 2 aliphatic rings. The summed E-state index contributed by atoms with van der Waals surface area (Å²) in [6, 6.07) is 21.9. The molecule has 0 aliphatic carbocycles. The van der Waals surface area contributed by atoms with Crippen molar-refractivity contribution in [3.63, 3.8) is 0 Å². The number of sulfonamides is 1. The van der Waals surface area contributed by atoms with Crippen LogP contribution in [0.1, 0.15) is 17.2 Å². The molecule has 0 spiro atoms. The SMILES string of the molecule is O=S(=O)(Nc1ncccn1)c1ccc(N2C(c3ccccc3)=NC3C2=NC(=S)NC3c2c(Cl)cccc2Cl)cc1. The van der Waals surface area contributed by atoms with E-state index in [2.05, 4.69) is 25.0 Å². The summed E-state index contributed by atoms with van der Waals surface area (Å²) in [4.78, 5) is 19.5. The number of hydrogen-bond acceptors (Lipinski definition) is 7. The first-order valence-corrected chi connectivity index (χ1v) is 14.6. The molecule has 0 fully saturated rings. The molecule has 0 saturated heterocycles. The number of benzene rings is 3. The minimum absolute atomic E-state index is 0.0192. The number of rotatable bonds is 6. The van der Waals surface area contributed by atoms with E-state index in [1.54, 1.807) is 36.4 Å². The Morgan fingerprint density at radius 2 is 1.55 bits per heavy atom.